The minimum atomic E-state index is -0.808. The lowest BCUT2D eigenvalue weighted by Crippen LogP contribution is -2.42. The van der Waals surface area contributed by atoms with Crippen molar-refractivity contribution in [1.29, 1.82) is 0 Å². The summed E-state index contributed by atoms with van der Waals surface area (Å²) in [6.45, 7) is 0.400. The van der Waals surface area contributed by atoms with Crippen LogP contribution in [-0.4, -0.2) is 46.5 Å². The molecule has 2 bridgehead atoms. The fraction of sp³-hybridized carbons (Fsp3) is 0.786. The van der Waals surface area contributed by atoms with Crippen LogP contribution in [0, 0.1) is 0 Å². The molecular formula is C14H21NO5. The Labute approximate surface area is 118 Å². The smallest absolute Gasteiger partial charge is 0.303 e. The minimum absolute atomic E-state index is 0.0323. The minimum Gasteiger partial charge on any atom is -0.481 e. The van der Waals surface area contributed by atoms with Gasteiger partial charge in [-0.05, 0) is 25.7 Å². The lowest BCUT2D eigenvalue weighted by Gasteiger charge is -2.26. The third kappa shape index (κ3) is 4.03. The van der Waals surface area contributed by atoms with Crippen molar-refractivity contribution in [1.82, 2.24) is 4.90 Å². The third-order valence-corrected chi connectivity index (χ3v) is 3.87. The van der Waals surface area contributed by atoms with Crippen LogP contribution >= 0.6 is 0 Å². The maximum Gasteiger partial charge on any atom is 0.303 e. The first kappa shape index (κ1) is 15.0. The van der Waals surface area contributed by atoms with Gasteiger partial charge < -0.3 is 9.84 Å². The van der Waals surface area contributed by atoms with Crippen LogP contribution in [0.5, 0.6) is 0 Å². The van der Waals surface area contributed by atoms with Crippen molar-refractivity contribution in [2.24, 2.45) is 0 Å². The lowest BCUT2D eigenvalue weighted by atomic mass is 10.1. The number of imide groups is 1. The highest BCUT2D eigenvalue weighted by atomic mass is 16.5. The molecule has 2 heterocycles. The molecule has 0 aromatic heterocycles. The molecule has 0 radical (unpaired) electrons. The molecule has 6 nitrogen and oxygen atoms in total. The third-order valence-electron chi connectivity index (χ3n) is 3.87. The largest absolute Gasteiger partial charge is 0.481 e. The van der Waals surface area contributed by atoms with Gasteiger partial charge in [0.25, 0.3) is 0 Å². The number of amides is 2. The van der Waals surface area contributed by atoms with E-state index < -0.39 is 5.97 Å². The van der Waals surface area contributed by atoms with Gasteiger partial charge in [0.05, 0.1) is 25.0 Å². The standard InChI is InChI=1S/C14H21NO5/c16-12-8-10-5-6-11(20-10)9-13(17)15(12)7-3-1-2-4-14(18)19/h10-11H,1-9H2,(H,18,19). The second-order valence-corrected chi connectivity index (χ2v) is 5.51. The van der Waals surface area contributed by atoms with Crippen molar-refractivity contribution >= 4 is 17.8 Å². The second kappa shape index (κ2) is 6.83. The normalized spacial score (nSPS) is 26.5. The predicted octanol–water partition coefficient (Wildman–Crippen LogP) is 1.33. The number of carbonyl (C=O) groups is 3. The van der Waals surface area contributed by atoms with Crippen molar-refractivity contribution in [3.05, 3.63) is 0 Å². The van der Waals surface area contributed by atoms with E-state index in [0.717, 1.165) is 12.8 Å². The fourth-order valence-electron chi connectivity index (χ4n) is 2.80. The van der Waals surface area contributed by atoms with E-state index >= 15 is 0 Å². The number of hydrogen-bond acceptors (Lipinski definition) is 4. The van der Waals surface area contributed by atoms with E-state index in [0.29, 0.717) is 25.8 Å². The highest BCUT2D eigenvalue weighted by Crippen LogP contribution is 2.28. The Hall–Kier alpha value is -1.43. The lowest BCUT2D eigenvalue weighted by molar-refractivity contribution is -0.151. The number of rotatable bonds is 6. The zero-order valence-electron chi connectivity index (χ0n) is 11.5. The Morgan fingerprint density at radius 3 is 2.25 bits per heavy atom. The molecule has 2 unspecified atom stereocenters. The summed E-state index contributed by atoms with van der Waals surface area (Å²) in [4.78, 5) is 35.9. The van der Waals surface area contributed by atoms with Crippen LogP contribution in [0.1, 0.15) is 51.4 Å². The van der Waals surface area contributed by atoms with Crippen molar-refractivity contribution < 1.29 is 24.2 Å². The molecule has 1 N–H and O–H groups in total. The number of carboxylic acid groups (broad SMARTS) is 1. The van der Waals surface area contributed by atoms with Crippen LogP contribution in [0.25, 0.3) is 0 Å². The summed E-state index contributed by atoms with van der Waals surface area (Å²) in [5.74, 6) is -1.12. The summed E-state index contributed by atoms with van der Waals surface area (Å²) in [6.07, 6.45) is 4.33. The zero-order chi connectivity index (χ0) is 14.5. The van der Waals surface area contributed by atoms with Gasteiger partial charge in [-0.2, -0.15) is 0 Å². The van der Waals surface area contributed by atoms with E-state index in [4.69, 9.17) is 9.84 Å². The fourth-order valence-corrected chi connectivity index (χ4v) is 2.80. The topological polar surface area (TPSA) is 83.9 Å². The molecule has 2 atom stereocenters. The monoisotopic (exact) mass is 283 g/mol. The molecule has 2 aliphatic rings. The van der Waals surface area contributed by atoms with Crippen molar-refractivity contribution in [3.63, 3.8) is 0 Å². The van der Waals surface area contributed by atoms with Crippen molar-refractivity contribution in [3.8, 4) is 0 Å². The van der Waals surface area contributed by atoms with Gasteiger partial charge in [-0.25, -0.2) is 0 Å². The van der Waals surface area contributed by atoms with Gasteiger partial charge in [-0.1, -0.05) is 6.42 Å². The average Bonchev–Trinajstić information content (AvgIpc) is 2.80. The van der Waals surface area contributed by atoms with Crippen molar-refractivity contribution in [2.75, 3.05) is 6.54 Å². The number of unbranched alkanes of at least 4 members (excludes halogenated alkanes) is 2. The van der Waals surface area contributed by atoms with E-state index in [1.54, 1.807) is 0 Å². The molecule has 2 fully saturated rings. The number of fused-ring (bicyclic) bond motifs is 2. The van der Waals surface area contributed by atoms with Gasteiger partial charge in [-0.3, -0.25) is 19.3 Å². The number of carboxylic acids is 1. The van der Waals surface area contributed by atoms with Gasteiger partial charge in [0.15, 0.2) is 0 Å². The number of nitrogens with zero attached hydrogens (tertiary/aromatic N) is 1. The number of carbonyl (C=O) groups excluding carboxylic acids is 2. The highest BCUT2D eigenvalue weighted by molar-refractivity contribution is 5.96. The second-order valence-electron chi connectivity index (χ2n) is 5.51. The van der Waals surface area contributed by atoms with E-state index in [1.807, 2.05) is 0 Å². The Balaban J connectivity index is 1.80. The number of aliphatic carboxylic acids is 1. The summed E-state index contributed by atoms with van der Waals surface area (Å²) in [5.41, 5.74) is 0. The van der Waals surface area contributed by atoms with Crippen LogP contribution in [-0.2, 0) is 19.1 Å². The molecule has 20 heavy (non-hydrogen) atoms. The van der Waals surface area contributed by atoms with E-state index in [9.17, 15) is 14.4 Å². The van der Waals surface area contributed by atoms with Crippen LogP contribution < -0.4 is 0 Å². The molecule has 0 aromatic rings. The van der Waals surface area contributed by atoms with Gasteiger partial charge >= 0.3 is 5.97 Å². The number of ether oxygens (including phenoxy) is 1. The molecule has 112 valence electrons. The van der Waals surface area contributed by atoms with E-state index in [-0.39, 0.29) is 43.3 Å². The van der Waals surface area contributed by atoms with E-state index in [1.165, 1.54) is 4.90 Å². The molecule has 0 spiro atoms. The van der Waals surface area contributed by atoms with Crippen LogP contribution in [0.15, 0.2) is 0 Å². The molecule has 0 aliphatic carbocycles. The first-order valence-corrected chi connectivity index (χ1v) is 7.26. The molecule has 2 rings (SSSR count). The summed E-state index contributed by atoms with van der Waals surface area (Å²) < 4.78 is 5.63. The Morgan fingerprint density at radius 1 is 1.10 bits per heavy atom. The van der Waals surface area contributed by atoms with Crippen LogP contribution in [0.3, 0.4) is 0 Å². The first-order chi connectivity index (χ1) is 9.56. The first-order valence-electron chi connectivity index (χ1n) is 7.26. The summed E-state index contributed by atoms with van der Waals surface area (Å²) in [6, 6.07) is 0. The summed E-state index contributed by atoms with van der Waals surface area (Å²) in [7, 11) is 0. The molecular weight excluding hydrogens is 262 g/mol. The van der Waals surface area contributed by atoms with Crippen molar-refractivity contribution in [2.45, 2.75) is 63.6 Å². The summed E-state index contributed by atoms with van der Waals surface area (Å²) >= 11 is 0. The van der Waals surface area contributed by atoms with Crippen LogP contribution in [0.2, 0.25) is 0 Å². The zero-order valence-corrected chi connectivity index (χ0v) is 11.5. The molecule has 2 amide bonds. The van der Waals surface area contributed by atoms with E-state index in [2.05, 4.69) is 0 Å². The van der Waals surface area contributed by atoms with Crippen LogP contribution in [0.4, 0.5) is 0 Å². The Morgan fingerprint density at radius 2 is 1.70 bits per heavy atom. The molecule has 0 saturated carbocycles. The molecule has 2 aliphatic heterocycles. The molecule has 6 heteroatoms. The number of hydrogen-bond donors (Lipinski definition) is 1. The maximum atomic E-state index is 12.1. The molecule has 0 aromatic carbocycles. The quantitative estimate of drug-likeness (QED) is 0.587. The van der Waals surface area contributed by atoms with Gasteiger partial charge in [0.2, 0.25) is 11.8 Å². The summed E-state index contributed by atoms with van der Waals surface area (Å²) in [5, 5.41) is 8.55. The predicted molar refractivity (Wildman–Crippen MR) is 70.0 cm³/mol. The Kier molecular flexibility index (Phi) is 5.11. The van der Waals surface area contributed by atoms with Gasteiger partial charge in [0.1, 0.15) is 0 Å². The SMILES string of the molecule is O=C(O)CCCCCN1C(=O)CC2CCC(CC1=O)O2. The van der Waals surface area contributed by atoms with Gasteiger partial charge in [0, 0.05) is 13.0 Å². The maximum absolute atomic E-state index is 12.1. The van der Waals surface area contributed by atoms with Gasteiger partial charge in [-0.15, -0.1) is 0 Å². The highest BCUT2D eigenvalue weighted by Gasteiger charge is 2.35. The Bertz CT molecular complexity index is 371. The average molecular weight is 283 g/mol. The molecule has 2 saturated heterocycles.